The number of rotatable bonds is 8. The van der Waals surface area contributed by atoms with Crippen LogP contribution in [0.4, 0.5) is 5.69 Å². The summed E-state index contributed by atoms with van der Waals surface area (Å²) in [6.45, 7) is 2.12. The van der Waals surface area contributed by atoms with Gasteiger partial charge in [-0.05, 0) is 74.6 Å². The average molecular weight is 449 g/mol. The van der Waals surface area contributed by atoms with Crippen molar-refractivity contribution < 1.29 is 4.74 Å². The summed E-state index contributed by atoms with van der Waals surface area (Å²) in [6, 6.07) is 31.8. The summed E-state index contributed by atoms with van der Waals surface area (Å²) < 4.78 is 6.83. The van der Waals surface area contributed by atoms with Crippen molar-refractivity contribution in [3.05, 3.63) is 114 Å². The van der Waals surface area contributed by atoms with Crippen molar-refractivity contribution >= 4 is 22.5 Å². The molecular weight excluding hydrogens is 416 g/mol. The Morgan fingerprint density at radius 2 is 1.50 bits per heavy atom. The fourth-order valence-corrected chi connectivity index (χ4v) is 4.75. The van der Waals surface area contributed by atoms with Crippen LogP contribution in [0.3, 0.4) is 0 Å². The van der Waals surface area contributed by atoms with E-state index >= 15 is 0 Å². The highest BCUT2D eigenvalue weighted by Crippen LogP contribution is 2.44. The molecule has 34 heavy (non-hydrogen) atoms. The summed E-state index contributed by atoms with van der Waals surface area (Å²) in [5, 5.41) is 6.01. The number of hydrogen-bond donors (Lipinski definition) is 1. The Labute approximate surface area is 202 Å². The van der Waals surface area contributed by atoms with Gasteiger partial charge in [-0.2, -0.15) is 0 Å². The van der Waals surface area contributed by atoms with Gasteiger partial charge in [-0.3, -0.25) is 0 Å². The highest BCUT2D eigenvalue weighted by Gasteiger charge is 2.37. The summed E-state index contributed by atoms with van der Waals surface area (Å²) in [4.78, 5) is 2.24. The van der Waals surface area contributed by atoms with Crippen LogP contribution in [-0.4, -0.2) is 32.1 Å². The molecule has 0 saturated heterocycles. The minimum atomic E-state index is -0.642. The van der Waals surface area contributed by atoms with E-state index in [0.717, 1.165) is 42.0 Å². The zero-order chi connectivity index (χ0) is 23.4. The molecular formula is C31H32N2O. The molecule has 0 fully saturated rings. The first kappa shape index (κ1) is 22.2. The van der Waals surface area contributed by atoms with Crippen LogP contribution in [0.15, 0.2) is 97.1 Å². The number of fused-ring (bicyclic) bond motifs is 3. The Hall–Kier alpha value is -3.56. The van der Waals surface area contributed by atoms with Gasteiger partial charge in [-0.15, -0.1) is 0 Å². The molecule has 4 aromatic carbocycles. The Balaban J connectivity index is 1.44. The van der Waals surface area contributed by atoms with Gasteiger partial charge in [0.15, 0.2) is 5.60 Å². The molecule has 5 rings (SSSR count). The number of unbranched alkanes of at least 4 members (excludes halogenated alkanes) is 1. The van der Waals surface area contributed by atoms with Gasteiger partial charge in [0.2, 0.25) is 0 Å². The fraction of sp³-hybridized carbons (Fsp3) is 0.226. The first-order chi connectivity index (χ1) is 16.7. The highest BCUT2D eigenvalue weighted by atomic mass is 16.5. The summed E-state index contributed by atoms with van der Waals surface area (Å²) in [5.74, 6) is 0.909. The lowest BCUT2D eigenvalue weighted by molar-refractivity contribution is 0.161. The van der Waals surface area contributed by atoms with Crippen molar-refractivity contribution in [2.24, 2.45) is 0 Å². The molecule has 0 unspecified atom stereocenters. The van der Waals surface area contributed by atoms with Crippen molar-refractivity contribution in [2.45, 2.75) is 18.4 Å². The van der Waals surface area contributed by atoms with E-state index in [9.17, 15) is 0 Å². The number of hydrogen-bond acceptors (Lipinski definition) is 3. The Morgan fingerprint density at radius 1 is 0.794 bits per heavy atom. The molecule has 1 N–H and O–H groups in total. The second kappa shape index (κ2) is 9.74. The topological polar surface area (TPSA) is 24.5 Å². The first-order valence-electron chi connectivity index (χ1n) is 12.1. The number of nitrogens with zero attached hydrogens (tertiary/aromatic N) is 1. The number of anilines is 1. The van der Waals surface area contributed by atoms with Gasteiger partial charge < -0.3 is 15.0 Å². The molecule has 1 aliphatic heterocycles. The lowest BCUT2D eigenvalue weighted by Crippen LogP contribution is -2.34. The lowest BCUT2D eigenvalue weighted by atomic mass is 9.83. The van der Waals surface area contributed by atoms with Gasteiger partial charge in [0.1, 0.15) is 5.75 Å². The molecule has 0 saturated carbocycles. The smallest absolute Gasteiger partial charge is 0.178 e. The summed E-state index contributed by atoms with van der Waals surface area (Å²) in [6.07, 6.45) is 6.80. The molecule has 0 spiro atoms. The largest absolute Gasteiger partial charge is 0.473 e. The Bertz CT molecular complexity index is 1240. The second-order valence-corrected chi connectivity index (χ2v) is 9.25. The molecule has 3 heteroatoms. The van der Waals surface area contributed by atoms with Crippen molar-refractivity contribution in [1.29, 1.82) is 0 Å². The van der Waals surface area contributed by atoms with Crippen molar-refractivity contribution in [2.75, 3.05) is 32.5 Å². The van der Waals surface area contributed by atoms with Crippen LogP contribution in [0.2, 0.25) is 0 Å². The van der Waals surface area contributed by atoms with Crippen LogP contribution in [0.5, 0.6) is 5.75 Å². The maximum atomic E-state index is 6.83. The third kappa shape index (κ3) is 4.44. The standard InChI is InChI=1S/C31H32N2O/c1-33(2)22-10-9-21-32-27-16-17-28-24(23-27)15-18-30-29(28)19-20-31(34-30,25-11-5-3-6-12-25)26-13-7-4-8-14-26/h3-8,11-20,23,32H,9-10,21-22H2,1-2H3. The van der Waals surface area contributed by atoms with E-state index in [0.29, 0.717) is 0 Å². The minimum Gasteiger partial charge on any atom is -0.473 e. The van der Waals surface area contributed by atoms with Crippen molar-refractivity contribution in [1.82, 2.24) is 4.90 Å². The monoisotopic (exact) mass is 448 g/mol. The van der Waals surface area contributed by atoms with Crippen LogP contribution in [0, 0.1) is 0 Å². The Morgan fingerprint density at radius 3 is 2.18 bits per heavy atom. The van der Waals surface area contributed by atoms with Crippen LogP contribution in [0.1, 0.15) is 29.5 Å². The molecule has 1 heterocycles. The number of nitrogens with one attached hydrogen (secondary N) is 1. The average Bonchev–Trinajstić information content (AvgIpc) is 2.88. The SMILES string of the molecule is CN(C)CCCCNc1ccc2c3c(ccc2c1)OC(c1ccccc1)(c1ccccc1)C=C3. The Kier molecular flexibility index (Phi) is 6.37. The van der Waals surface area contributed by atoms with E-state index in [-0.39, 0.29) is 0 Å². The fourth-order valence-electron chi connectivity index (χ4n) is 4.75. The van der Waals surface area contributed by atoms with Crippen LogP contribution < -0.4 is 10.1 Å². The maximum Gasteiger partial charge on any atom is 0.178 e. The highest BCUT2D eigenvalue weighted by molar-refractivity contribution is 5.95. The summed E-state index contributed by atoms with van der Waals surface area (Å²) >= 11 is 0. The van der Waals surface area contributed by atoms with Gasteiger partial charge in [0, 0.05) is 28.9 Å². The molecule has 0 atom stereocenters. The van der Waals surface area contributed by atoms with E-state index in [1.165, 1.54) is 22.9 Å². The lowest BCUT2D eigenvalue weighted by Gasteiger charge is -2.36. The molecule has 0 aliphatic carbocycles. The van der Waals surface area contributed by atoms with E-state index < -0.39 is 5.60 Å². The predicted octanol–water partition coefficient (Wildman–Crippen LogP) is 6.94. The molecule has 0 aromatic heterocycles. The zero-order valence-electron chi connectivity index (χ0n) is 20.0. The predicted molar refractivity (Wildman–Crippen MR) is 144 cm³/mol. The van der Waals surface area contributed by atoms with Gasteiger partial charge in [0.25, 0.3) is 0 Å². The third-order valence-corrected chi connectivity index (χ3v) is 6.54. The van der Waals surface area contributed by atoms with Gasteiger partial charge in [-0.25, -0.2) is 0 Å². The van der Waals surface area contributed by atoms with Crippen LogP contribution in [0.25, 0.3) is 16.8 Å². The molecule has 0 amide bonds. The van der Waals surface area contributed by atoms with Gasteiger partial charge in [0.05, 0.1) is 0 Å². The molecule has 3 nitrogen and oxygen atoms in total. The normalized spacial score (nSPS) is 14.1. The molecule has 1 aliphatic rings. The quantitative estimate of drug-likeness (QED) is 0.295. The van der Waals surface area contributed by atoms with Crippen molar-refractivity contribution in [3.63, 3.8) is 0 Å². The van der Waals surface area contributed by atoms with E-state index in [1.54, 1.807) is 0 Å². The summed E-state index contributed by atoms with van der Waals surface area (Å²) in [5.41, 5.74) is 3.91. The molecule has 4 aromatic rings. The van der Waals surface area contributed by atoms with Crippen LogP contribution >= 0.6 is 0 Å². The minimum absolute atomic E-state index is 0.642. The molecule has 0 radical (unpaired) electrons. The van der Waals surface area contributed by atoms with Gasteiger partial charge in [-0.1, -0.05) is 72.8 Å². The van der Waals surface area contributed by atoms with E-state index in [4.69, 9.17) is 4.74 Å². The molecule has 172 valence electrons. The van der Waals surface area contributed by atoms with E-state index in [2.05, 4.69) is 115 Å². The molecule has 0 bridgehead atoms. The van der Waals surface area contributed by atoms with E-state index in [1.807, 2.05) is 12.1 Å². The van der Waals surface area contributed by atoms with Gasteiger partial charge >= 0.3 is 0 Å². The first-order valence-corrected chi connectivity index (χ1v) is 12.1. The summed E-state index contributed by atoms with van der Waals surface area (Å²) in [7, 11) is 4.25. The maximum absolute atomic E-state index is 6.83. The van der Waals surface area contributed by atoms with Crippen LogP contribution in [-0.2, 0) is 5.60 Å². The number of ether oxygens (including phenoxy) is 1. The third-order valence-electron chi connectivity index (χ3n) is 6.54. The second-order valence-electron chi connectivity index (χ2n) is 9.25. The number of benzene rings is 4. The zero-order valence-corrected chi connectivity index (χ0v) is 20.0. The van der Waals surface area contributed by atoms with Crippen molar-refractivity contribution in [3.8, 4) is 5.75 Å².